The molecule has 0 aliphatic carbocycles. The molecule has 2 rings (SSSR count). The van der Waals surface area contributed by atoms with Crippen molar-refractivity contribution in [1.29, 1.82) is 0 Å². The quantitative estimate of drug-likeness (QED) is 0.601. The van der Waals surface area contributed by atoms with Crippen molar-refractivity contribution in [3.63, 3.8) is 0 Å². The van der Waals surface area contributed by atoms with Crippen molar-refractivity contribution >= 4 is 5.97 Å². The summed E-state index contributed by atoms with van der Waals surface area (Å²) in [7, 11) is 0. The molecule has 2 aromatic rings. The van der Waals surface area contributed by atoms with Gasteiger partial charge in [-0.15, -0.1) is 0 Å². The number of aliphatic carboxylic acids is 1. The zero-order valence-electron chi connectivity index (χ0n) is 17.7. The van der Waals surface area contributed by atoms with Crippen molar-refractivity contribution in [3.05, 3.63) is 53.3 Å². The van der Waals surface area contributed by atoms with Gasteiger partial charge in [0, 0.05) is 24.4 Å². The largest absolute Gasteiger partial charge is 0.492 e. The summed E-state index contributed by atoms with van der Waals surface area (Å²) in [6.45, 7) is 11.9. The fourth-order valence-corrected chi connectivity index (χ4v) is 3.53. The van der Waals surface area contributed by atoms with E-state index in [0.29, 0.717) is 32.0 Å². The molecule has 0 bridgehead atoms. The minimum Gasteiger partial charge on any atom is -0.492 e. The number of ether oxygens (including phenoxy) is 2. The second kappa shape index (κ2) is 9.78. The van der Waals surface area contributed by atoms with Crippen LogP contribution in [-0.2, 0) is 22.5 Å². The topological polar surface area (TPSA) is 60.7 Å². The van der Waals surface area contributed by atoms with Crippen LogP contribution in [-0.4, -0.2) is 34.5 Å². The van der Waals surface area contributed by atoms with Gasteiger partial charge in [-0.2, -0.15) is 0 Å². The van der Waals surface area contributed by atoms with E-state index < -0.39 is 11.6 Å². The van der Waals surface area contributed by atoms with Gasteiger partial charge in [0.25, 0.3) is 0 Å². The minimum atomic E-state index is -1.17. The molecular formula is C23H33NO4. The highest BCUT2D eigenvalue weighted by atomic mass is 16.5. The van der Waals surface area contributed by atoms with Gasteiger partial charge in [0.1, 0.15) is 12.4 Å². The lowest BCUT2D eigenvalue weighted by Crippen LogP contribution is -2.43. The third kappa shape index (κ3) is 5.16. The predicted octanol–water partition coefficient (Wildman–Crippen LogP) is 4.81. The standard InChI is InChI=1S/C23H33NO4/c1-6-23(22(25)26,28-7-2)16-19-9-11-20(12-10-19)27-15-14-24-18(5)8-13-21(24)17(3)4/h8-13,17H,6-7,14-16H2,1-5H3,(H,25,26). The molecule has 1 N–H and O–H groups in total. The summed E-state index contributed by atoms with van der Waals surface area (Å²) in [5.41, 5.74) is 2.31. The Morgan fingerprint density at radius 2 is 1.82 bits per heavy atom. The van der Waals surface area contributed by atoms with E-state index in [1.54, 1.807) is 0 Å². The van der Waals surface area contributed by atoms with Crippen LogP contribution in [0.1, 0.15) is 57.0 Å². The Labute approximate surface area is 168 Å². The Morgan fingerprint density at radius 1 is 1.14 bits per heavy atom. The van der Waals surface area contributed by atoms with Crippen LogP contribution in [0.25, 0.3) is 0 Å². The van der Waals surface area contributed by atoms with E-state index in [4.69, 9.17) is 9.47 Å². The van der Waals surface area contributed by atoms with Crippen molar-refractivity contribution in [1.82, 2.24) is 4.57 Å². The lowest BCUT2D eigenvalue weighted by Gasteiger charge is -2.28. The maximum atomic E-state index is 11.7. The average Bonchev–Trinajstić information content (AvgIpc) is 3.03. The molecule has 1 atom stereocenters. The number of rotatable bonds is 11. The summed E-state index contributed by atoms with van der Waals surface area (Å²) in [5, 5.41) is 9.61. The minimum absolute atomic E-state index is 0.341. The Kier molecular flexibility index (Phi) is 7.69. The predicted molar refractivity (Wildman–Crippen MR) is 111 cm³/mol. The molecule has 0 amide bonds. The molecule has 0 radical (unpaired) electrons. The molecule has 1 aromatic heterocycles. The summed E-state index contributed by atoms with van der Waals surface area (Å²) in [4.78, 5) is 11.7. The van der Waals surface area contributed by atoms with E-state index in [1.807, 2.05) is 38.1 Å². The highest BCUT2D eigenvalue weighted by Gasteiger charge is 2.37. The summed E-state index contributed by atoms with van der Waals surface area (Å²) < 4.78 is 13.8. The third-order valence-corrected chi connectivity index (χ3v) is 5.20. The smallest absolute Gasteiger partial charge is 0.336 e. The molecule has 0 saturated carbocycles. The molecule has 5 heteroatoms. The number of carbonyl (C=O) groups is 1. The van der Waals surface area contributed by atoms with Crippen molar-refractivity contribution in [2.45, 2.75) is 65.5 Å². The van der Waals surface area contributed by atoms with Crippen LogP contribution in [0, 0.1) is 6.92 Å². The second-order valence-corrected chi connectivity index (χ2v) is 7.46. The van der Waals surface area contributed by atoms with Crippen LogP contribution in [0.4, 0.5) is 0 Å². The zero-order chi connectivity index (χ0) is 20.7. The normalized spacial score (nSPS) is 13.5. The van der Waals surface area contributed by atoms with Gasteiger partial charge in [0.2, 0.25) is 0 Å². The van der Waals surface area contributed by atoms with E-state index >= 15 is 0 Å². The van der Waals surface area contributed by atoms with Crippen molar-refractivity contribution in [2.75, 3.05) is 13.2 Å². The first-order valence-electron chi connectivity index (χ1n) is 10.1. The molecule has 154 valence electrons. The first-order chi connectivity index (χ1) is 13.3. The van der Waals surface area contributed by atoms with Gasteiger partial charge in [0.05, 0.1) is 6.54 Å². The highest BCUT2D eigenvalue weighted by molar-refractivity contribution is 5.78. The highest BCUT2D eigenvalue weighted by Crippen LogP contribution is 2.24. The van der Waals surface area contributed by atoms with Gasteiger partial charge in [-0.1, -0.05) is 32.9 Å². The maximum Gasteiger partial charge on any atom is 0.336 e. The van der Waals surface area contributed by atoms with Gasteiger partial charge in [0.15, 0.2) is 5.60 Å². The van der Waals surface area contributed by atoms with Gasteiger partial charge in [-0.25, -0.2) is 4.79 Å². The first kappa shape index (κ1) is 22.0. The van der Waals surface area contributed by atoms with E-state index in [-0.39, 0.29) is 0 Å². The van der Waals surface area contributed by atoms with Gasteiger partial charge in [-0.3, -0.25) is 0 Å². The Morgan fingerprint density at radius 3 is 2.36 bits per heavy atom. The lowest BCUT2D eigenvalue weighted by molar-refractivity contribution is -0.166. The van der Waals surface area contributed by atoms with Gasteiger partial charge in [-0.05, 0) is 56.0 Å². The number of aromatic nitrogens is 1. The number of hydrogen-bond donors (Lipinski definition) is 1. The Balaban J connectivity index is 1.98. The molecular weight excluding hydrogens is 354 g/mol. The molecule has 0 aliphatic heterocycles. The van der Waals surface area contributed by atoms with E-state index in [0.717, 1.165) is 17.9 Å². The Hall–Kier alpha value is -2.27. The molecule has 0 fully saturated rings. The van der Waals surface area contributed by atoms with Crippen molar-refractivity contribution < 1.29 is 19.4 Å². The average molecular weight is 388 g/mol. The van der Waals surface area contributed by atoms with Crippen LogP contribution >= 0.6 is 0 Å². The maximum absolute atomic E-state index is 11.7. The van der Waals surface area contributed by atoms with Gasteiger partial charge >= 0.3 is 5.97 Å². The van der Waals surface area contributed by atoms with E-state index in [2.05, 4.69) is 37.5 Å². The number of aryl methyl sites for hydroxylation is 1. The Bertz CT molecular complexity index is 763. The number of benzene rings is 1. The number of nitrogens with zero attached hydrogens (tertiary/aromatic N) is 1. The molecule has 1 aromatic carbocycles. The van der Waals surface area contributed by atoms with Crippen LogP contribution in [0.5, 0.6) is 5.75 Å². The first-order valence-corrected chi connectivity index (χ1v) is 10.1. The monoisotopic (exact) mass is 387 g/mol. The lowest BCUT2D eigenvalue weighted by atomic mass is 9.91. The number of carboxylic acids is 1. The van der Waals surface area contributed by atoms with Crippen molar-refractivity contribution in [2.24, 2.45) is 0 Å². The SMILES string of the molecule is CCOC(CC)(Cc1ccc(OCCn2c(C)ccc2C(C)C)cc1)C(=O)O. The van der Waals surface area contributed by atoms with Crippen LogP contribution < -0.4 is 4.74 Å². The van der Waals surface area contributed by atoms with Crippen molar-refractivity contribution in [3.8, 4) is 5.75 Å². The van der Waals surface area contributed by atoms with Crippen LogP contribution in [0.15, 0.2) is 36.4 Å². The molecule has 0 aliphatic rings. The van der Waals surface area contributed by atoms with Crippen LogP contribution in [0.2, 0.25) is 0 Å². The van der Waals surface area contributed by atoms with E-state index in [1.165, 1.54) is 11.4 Å². The third-order valence-electron chi connectivity index (χ3n) is 5.20. The van der Waals surface area contributed by atoms with E-state index in [9.17, 15) is 9.90 Å². The summed E-state index contributed by atoms with van der Waals surface area (Å²) in [6.07, 6.45) is 0.760. The number of hydrogen-bond acceptors (Lipinski definition) is 3. The molecule has 1 unspecified atom stereocenters. The molecule has 5 nitrogen and oxygen atoms in total. The summed E-state index contributed by atoms with van der Waals surface area (Å²) >= 11 is 0. The zero-order valence-corrected chi connectivity index (χ0v) is 17.7. The molecule has 0 spiro atoms. The fourth-order valence-electron chi connectivity index (χ4n) is 3.53. The van der Waals surface area contributed by atoms with Crippen LogP contribution in [0.3, 0.4) is 0 Å². The summed E-state index contributed by atoms with van der Waals surface area (Å²) in [5.74, 6) is 0.347. The second-order valence-electron chi connectivity index (χ2n) is 7.46. The fraction of sp³-hybridized carbons (Fsp3) is 0.522. The molecule has 28 heavy (non-hydrogen) atoms. The van der Waals surface area contributed by atoms with Gasteiger partial charge < -0.3 is 19.1 Å². The number of carboxylic acid groups (broad SMARTS) is 1. The molecule has 1 heterocycles. The summed E-state index contributed by atoms with van der Waals surface area (Å²) in [6, 6.07) is 12.0. The molecule has 0 saturated heterocycles.